The first-order valence-corrected chi connectivity index (χ1v) is 8.61. The van der Waals surface area contributed by atoms with Gasteiger partial charge < -0.3 is 15.2 Å². The molecule has 1 fully saturated rings. The van der Waals surface area contributed by atoms with E-state index in [1.54, 1.807) is 6.92 Å². The van der Waals surface area contributed by atoms with Crippen molar-refractivity contribution in [2.24, 2.45) is 0 Å². The molecule has 0 radical (unpaired) electrons. The van der Waals surface area contributed by atoms with Crippen LogP contribution in [0.2, 0.25) is 0 Å². The average Bonchev–Trinajstić information content (AvgIpc) is 2.57. The third kappa shape index (κ3) is 3.36. The molecule has 2 aromatic rings. The van der Waals surface area contributed by atoms with E-state index in [1.165, 1.54) is 0 Å². The van der Waals surface area contributed by atoms with Crippen LogP contribution in [0.25, 0.3) is 10.9 Å². The van der Waals surface area contributed by atoms with Gasteiger partial charge in [-0.1, -0.05) is 18.2 Å². The van der Waals surface area contributed by atoms with Gasteiger partial charge in [0, 0.05) is 11.4 Å². The number of pyridine rings is 1. The van der Waals surface area contributed by atoms with E-state index in [1.807, 2.05) is 31.2 Å². The fourth-order valence-corrected chi connectivity index (χ4v) is 3.35. The molecule has 0 spiro atoms. The molecule has 0 saturated heterocycles. The largest absolute Gasteiger partial charge is 0.462 e. The molecule has 0 aliphatic heterocycles. The highest BCUT2D eigenvalue weighted by Gasteiger charge is 2.24. The molecule has 1 aliphatic rings. The second-order valence-electron chi connectivity index (χ2n) is 6.35. The van der Waals surface area contributed by atoms with Crippen LogP contribution in [-0.4, -0.2) is 34.8 Å². The van der Waals surface area contributed by atoms with Gasteiger partial charge in [0.15, 0.2) is 0 Å². The second kappa shape index (κ2) is 7.18. The molecule has 1 heterocycles. The molecule has 1 aromatic heterocycles. The fraction of sp³-hybridized carbons (Fsp3) is 0.474. The summed E-state index contributed by atoms with van der Waals surface area (Å²) in [5.74, 6) is 0.248. The fourth-order valence-electron chi connectivity index (χ4n) is 3.35. The van der Waals surface area contributed by atoms with Crippen molar-refractivity contribution in [3.63, 3.8) is 0 Å². The normalized spacial score (nSPS) is 20.8. The van der Waals surface area contributed by atoms with Crippen LogP contribution in [0.15, 0.2) is 24.3 Å². The molecule has 1 aromatic carbocycles. The van der Waals surface area contributed by atoms with Crippen LogP contribution in [0, 0.1) is 6.92 Å². The standard InChI is InChI=1S/C19H24N2O3/c1-3-24-19(23)17-12(2)15-6-4-5-7-16(15)21-18(17)20-13-8-10-14(22)11-9-13/h4-7,13-14,22H,3,8-11H2,1-2H3,(H,20,21). The zero-order chi connectivity index (χ0) is 17.1. The summed E-state index contributed by atoms with van der Waals surface area (Å²) in [4.78, 5) is 17.2. The molecule has 0 unspecified atom stereocenters. The maximum Gasteiger partial charge on any atom is 0.342 e. The Morgan fingerprint density at radius 3 is 2.71 bits per heavy atom. The monoisotopic (exact) mass is 328 g/mol. The molecule has 3 rings (SSSR count). The van der Waals surface area contributed by atoms with Gasteiger partial charge in [0.25, 0.3) is 0 Å². The molecule has 5 nitrogen and oxygen atoms in total. The zero-order valence-electron chi connectivity index (χ0n) is 14.2. The number of benzene rings is 1. The van der Waals surface area contributed by atoms with Crippen molar-refractivity contribution in [1.29, 1.82) is 0 Å². The lowest BCUT2D eigenvalue weighted by Crippen LogP contribution is -2.29. The Kier molecular flexibility index (Phi) is 5.00. The predicted octanol–water partition coefficient (Wildman–Crippen LogP) is 3.44. The van der Waals surface area contributed by atoms with Gasteiger partial charge in [-0.3, -0.25) is 0 Å². The van der Waals surface area contributed by atoms with E-state index < -0.39 is 0 Å². The average molecular weight is 328 g/mol. The van der Waals surface area contributed by atoms with E-state index in [0.29, 0.717) is 18.0 Å². The molecule has 2 N–H and O–H groups in total. The number of aryl methyl sites for hydroxylation is 1. The number of anilines is 1. The summed E-state index contributed by atoms with van der Waals surface area (Å²) in [7, 11) is 0. The van der Waals surface area contributed by atoms with Crippen molar-refractivity contribution in [2.75, 3.05) is 11.9 Å². The lowest BCUT2D eigenvalue weighted by Gasteiger charge is -2.27. The molecule has 5 heteroatoms. The molecule has 24 heavy (non-hydrogen) atoms. The molecular formula is C19H24N2O3. The van der Waals surface area contributed by atoms with Crippen LogP contribution in [0.4, 0.5) is 5.82 Å². The minimum atomic E-state index is -0.341. The summed E-state index contributed by atoms with van der Waals surface area (Å²) < 4.78 is 5.25. The van der Waals surface area contributed by atoms with Crippen LogP contribution < -0.4 is 5.32 Å². The Labute approximate surface area is 142 Å². The van der Waals surface area contributed by atoms with Crippen molar-refractivity contribution < 1.29 is 14.6 Å². The van der Waals surface area contributed by atoms with Crippen LogP contribution in [0.1, 0.15) is 48.5 Å². The van der Waals surface area contributed by atoms with E-state index in [-0.39, 0.29) is 18.1 Å². The first kappa shape index (κ1) is 16.7. The summed E-state index contributed by atoms with van der Waals surface area (Å²) >= 11 is 0. The summed E-state index contributed by atoms with van der Waals surface area (Å²) in [6.45, 7) is 4.07. The van der Waals surface area contributed by atoms with Crippen molar-refractivity contribution in [3.8, 4) is 0 Å². The summed E-state index contributed by atoms with van der Waals surface area (Å²) in [6.07, 6.45) is 3.09. The molecular weight excluding hydrogens is 304 g/mol. The van der Waals surface area contributed by atoms with E-state index in [2.05, 4.69) is 10.3 Å². The lowest BCUT2D eigenvalue weighted by atomic mass is 9.93. The van der Waals surface area contributed by atoms with Gasteiger partial charge in [-0.25, -0.2) is 9.78 Å². The molecule has 0 amide bonds. The number of nitrogens with zero attached hydrogens (tertiary/aromatic N) is 1. The molecule has 128 valence electrons. The number of hydrogen-bond acceptors (Lipinski definition) is 5. The Morgan fingerprint density at radius 1 is 1.29 bits per heavy atom. The highest BCUT2D eigenvalue weighted by Crippen LogP contribution is 2.29. The van der Waals surface area contributed by atoms with Gasteiger partial charge in [0.1, 0.15) is 11.4 Å². The number of hydrogen-bond donors (Lipinski definition) is 2. The highest BCUT2D eigenvalue weighted by atomic mass is 16.5. The maximum atomic E-state index is 12.5. The van der Waals surface area contributed by atoms with Crippen molar-refractivity contribution in [2.45, 2.75) is 51.7 Å². The Balaban J connectivity index is 2.00. The summed E-state index contributed by atoms with van der Waals surface area (Å²) in [5, 5.41) is 14.1. The van der Waals surface area contributed by atoms with E-state index in [0.717, 1.165) is 42.1 Å². The van der Waals surface area contributed by atoms with Crippen LogP contribution in [0.3, 0.4) is 0 Å². The first-order chi connectivity index (χ1) is 11.6. The van der Waals surface area contributed by atoms with Crippen LogP contribution in [0.5, 0.6) is 0 Å². The van der Waals surface area contributed by atoms with E-state index in [4.69, 9.17) is 4.74 Å². The number of carbonyl (C=O) groups is 1. The SMILES string of the molecule is CCOC(=O)c1c(NC2CCC(O)CC2)nc2ccccc2c1C. The van der Waals surface area contributed by atoms with Gasteiger partial charge in [-0.2, -0.15) is 0 Å². The predicted molar refractivity (Wildman–Crippen MR) is 94.3 cm³/mol. The number of esters is 1. The third-order valence-electron chi connectivity index (χ3n) is 4.67. The Morgan fingerprint density at radius 2 is 2.00 bits per heavy atom. The van der Waals surface area contributed by atoms with Crippen molar-refractivity contribution in [1.82, 2.24) is 4.98 Å². The second-order valence-corrected chi connectivity index (χ2v) is 6.35. The number of aliphatic hydroxyl groups is 1. The minimum Gasteiger partial charge on any atom is -0.462 e. The number of ether oxygens (including phenoxy) is 1. The van der Waals surface area contributed by atoms with Crippen molar-refractivity contribution >= 4 is 22.7 Å². The van der Waals surface area contributed by atoms with Crippen LogP contribution >= 0.6 is 0 Å². The smallest absolute Gasteiger partial charge is 0.342 e. The molecule has 0 atom stereocenters. The van der Waals surface area contributed by atoms with Gasteiger partial charge in [0.05, 0.1) is 18.2 Å². The topological polar surface area (TPSA) is 71.5 Å². The number of fused-ring (bicyclic) bond motifs is 1. The minimum absolute atomic E-state index is 0.209. The molecule has 0 bridgehead atoms. The molecule has 1 aliphatic carbocycles. The number of nitrogens with one attached hydrogen (secondary N) is 1. The quantitative estimate of drug-likeness (QED) is 0.841. The highest BCUT2D eigenvalue weighted by molar-refractivity contribution is 6.02. The molecule has 1 saturated carbocycles. The van der Waals surface area contributed by atoms with E-state index >= 15 is 0 Å². The number of para-hydroxylation sites is 1. The maximum absolute atomic E-state index is 12.5. The number of aliphatic hydroxyl groups excluding tert-OH is 1. The van der Waals surface area contributed by atoms with Gasteiger partial charge in [0.2, 0.25) is 0 Å². The van der Waals surface area contributed by atoms with Gasteiger partial charge >= 0.3 is 5.97 Å². The summed E-state index contributed by atoms with van der Waals surface area (Å²) in [5.41, 5.74) is 2.26. The zero-order valence-corrected chi connectivity index (χ0v) is 14.2. The Bertz CT molecular complexity index is 737. The Hall–Kier alpha value is -2.14. The summed E-state index contributed by atoms with van der Waals surface area (Å²) in [6, 6.07) is 8.03. The van der Waals surface area contributed by atoms with Crippen molar-refractivity contribution in [3.05, 3.63) is 35.4 Å². The third-order valence-corrected chi connectivity index (χ3v) is 4.67. The number of rotatable bonds is 4. The number of aromatic nitrogens is 1. The lowest BCUT2D eigenvalue weighted by molar-refractivity contribution is 0.0526. The first-order valence-electron chi connectivity index (χ1n) is 8.61. The van der Waals surface area contributed by atoms with Gasteiger partial charge in [-0.05, 0) is 51.2 Å². The van der Waals surface area contributed by atoms with Gasteiger partial charge in [-0.15, -0.1) is 0 Å². The van der Waals surface area contributed by atoms with E-state index in [9.17, 15) is 9.90 Å². The van der Waals surface area contributed by atoms with Crippen LogP contribution in [-0.2, 0) is 4.74 Å². The number of carbonyl (C=O) groups excluding carboxylic acids is 1.